The number of anilines is 2. The van der Waals surface area contributed by atoms with Gasteiger partial charge in [-0.15, -0.1) is 0 Å². The summed E-state index contributed by atoms with van der Waals surface area (Å²) >= 11 is 0. The molecule has 3 N–H and O–H groups in total. The number of carbonyl (C=O) groups is 1. The number of ether oxygens (including phenoxy) is 2. The topological polar surface area (TPSA) is 140 Å². The number of aliphatic hydroxyl groups is 1. The minimum absolute atomic E-state index is 0.0364. The molecular formula is C22H31N7O4. The second-order valence-corrected chi connectivity index (χ2v) is 9.31. The van der Waals surface area contributed by atoms with Crippen molar-refractivity contribution < 1.29 is 19.4 Å². The molecule has 3 aromatic rings. The zero-order chi connectivity index (χ0) is 23.8. The molecular weight excluding hydrogens is 426 g/mol. The van der Waals surface area contributed by atoms with Crippen LogP contribution in [-0.4, -0.2) is 66.4 Å². The van der Waals surface area contributed by atoms with E-state index in [1.165, 1.54) is 7.11 Å². The van der Waals surface area contributed by atoms with Gasteiger partial charge in [-0.25, -0.2) is 19.4 Å². The van der Waals surface area contributed by atoms with Gasteiger partial charge in [0.15, 0.2) is 17.1 Å². The van der Waals surface area contributed by atoms with Crippen LogP contribution in [0.4, 0.5) is 11.6 Å². The van der Waals surface area contributed by atoms with E-state index in [2.05, 4.69) is 20.6 Å². The molecule has 1 aliphatic carbocycles. The van der Waals surface area contributed by atoms with E-state index in [1.54, 1.807) is 31.8 Å². The van der Waals surface area contributed by atoms with Gasteiger partial charge >= 0.3 is 5.97 Å². The van der Waals surface area contributed by atoms with Crippen LogP contribution in [0.15, 0.2) is 12.3 Å². The molecule has 11 heteroatoms. The van der Waals surface area contributed by atoms with Crippen LogP contribution >= 0.6 is 0 Å². The monoisotopic (exact) mass is 457 g/mol. The highest BCUT2D eigenvalue weighted by Crippen LogP contribution is 2.40. The van der Waals surface area contributed by atoms with Gasteiger partial charge in [0.25, 0.3) is 0 Å². The number of hydrogen-bond acceptors (Lipinski definition) is 9. The van der Waals surface area contributed by atoms with Crippen molar-refractivity contribution in [2.75, 3.05) is 19.5 Å². The summed E-state index contributed by atoms with van der Waals surface area (Å²) in [6.07, 6.45) is 4.09. The summed E-state index contributed by atoms with van der Waals surface area (Å²) in [7, 11) is 2.92. The summed E-state index contributed by atoms with van der Waals surface area (Å²) in [6, 6.07) is 1.89. The molecule has 1 saturated carbocycles. The van der Waals surface area contributed by atoms with Gasteiger partial charge in [0.05, 0.1) is 30.8 Å². The van der Waals surface area contributed by atoms with Gasteiger partial charge in [0, 0.05) is 24.8 Å². The third kappa shape index (κ3) is 4.69. The largest absolute Gasteiger partial charge is 0.467 e. The first kappa shape index (κ1) is 23.1. The molecule has 0 bridgehead atoms. The van der Waals surface area contributed by atoms with Gasteiger partial charge in [-0.3, -0.25) is 5.10 Å². The lowest BCUT2D eigenvalue weighted by molar-refractivity contribution is -0.170. The van der Waals surface area contributed by atoms with Crippen LogP contribution < -0.4 is 5.32 Å². The Morgan fingerprint density at radius 3 is 2.64 bits per heavy atom. The van der Waals surface area contributed by atoms with Gasteiger partial charge in [-0.2, -0.15) is 10.2 Å². The van der Waals surface area contributed by atoms with E-state index in [4.69, 9.17) is 19.4 Å². The van der Waals surface area contributed by atoms with Crippen molar-refractivity contribution in [3.63, 3.8) is 0 Å². The summed E-state index contributed by atoms with van der Waals surface area (Å²) < 4.78 is 12.2. The number of nitrogens with one attached hydrogen (secondary N) is 2. The highest BCUT2D eigenvalue weighted by atomic mass is 16.6. The average molecular weight is 458 g/mol. The lowest BCUT2D eigenvalue weighted by Crippen LogP contribution is -2.44. The smallest absolute Gasteiger partial charge is 0.338 e. The average Bonchev–Trinajstić information content (AvgIpc) is 3.38. The number of aromatic amines is 1. The molecule has 178 valence electrons. The number of rotatable bonds is 7. The molecule has 1 fully saturated rings. The molecule has 33 heavy (non-hydrogen) atoms. The van der Waals surface area contributed by atoms with Crippen LogP contribution in [0, 0.1) is 6.92 Å². The molecule has 1 aliphatic rings. The third-order valence-electron chi connectivity index (χ3n) is 6.11. The minimum Gasteiger partial charge on any atom is -0.467 e. The number of H-pyrrole nitrogens is 1. The van der Waals surface area contributed by atoms with E-state index in [1.807, 2.05) is 13.0 Å². The summed E-state index contributed by atoms with van der Waals surface area (Å²) in [4.78, 5) is 22.0. The number of hydrogen-bond donors (Lipinski definition) is 3. The standard InChI is InChI=1S/C22H31N7O4/c1-13-10-16(28-27-13)24-18-15-11-23-29(12-21(2,3)31)19(15)26-17(25-18)14-6-8-22(33-5,9-7-14)20(30)32-4/h10-11,14,31H,6-9,12H2,1-5H3,(H2,24,25,26,27,28). The van der Waals surface area contributed by atoms with Crippen LogP contribution in [0.5, 0.6) is 0 Å². The maximum Gasteiger partial charge on any atom is 0.338 e. The van der Waals surface area contributed by atoms with Crippen molar-refractivity contribution in [1.29, 1.82) is 0 Å². The van der Waals surface area contributed by atoms with Crippen LogP contribution in [0.1, 0.15) is 57.0 Å². The van der Waals surface area contributed by atoms with Crippen molar-refractivity contribution in [1.82, 2.24) is 29.9 Å². The van der Waals surface area contributed by atoms with Crippen molar-refractivity contribution in [2.24, 2.45) is 0 Å². The molecule has 0 amide bonds. The fourth-order valence-corrected chi connectivity index (χ4v) is 4.36. The SMILES string of the molecule is COC(=O)C1(OC)CCC(c2nc(Nc3cc(C)[nH]n3)c3cnn(CC(C)(C)O)c3n2)CC1. The number of esters is 1. The lowest BCUT2D eigenvalue weighted by Gasteiger charge is -2.36. The Labute approximate surface area is 191 Å². The number of carbonyl (C=O) groups excluding carboxylic acids is 1. The Hall–Kier alpha value is -3.05. The Bertz CT molecular complexity index is 1140. The zero-order valence-corrected chi connectivity index (χ0v) is 19.7. The van der Waals surface area contributed by atoms with Crippen LogP contribution in [0.25, 0.3) is 11.0 Å². The summed E-state index contributed by atoms with van der Waals surface area (Å²) in [6.45, 7) is 5.67. The Kier molecular flexibility index (Phi) is 6.10. The molecule has 0 atom stereocenters. The maximum absolute atomic E-state index is 12.3. The van der Waals surface area contributed by atoms with E-state index in [9.17, 15) is 9.90 Å². The molecule has 0 unspecified atom stereocenters. The van der Waals surface area contributed by atoms with Gasteiger partial charge in [-0.1, -0.05) is 0 Å². The predicted molar refractivity (Wildman–Crippen MR) is 121 cm³/mol. The molecule has 4 rings (SSSR count). The van der Waals surface area contributed by atoms with Crippen LogP contribution in [-0.2, 0) is 20.8 Å². The fraction of sp³-hybridized carbons (Fsp3) is 0.591. The van der Waals surface area contributed by atoms with E-state index >= 15 is 0 Å². The third-order valence-corrected chi connectivity index (χ3v) is 6.11. The number of aromatic nitrogens is 6. The van der Waals surface area contributed by atoms with E-state index < -0.39 is 11.2 Å². The molecule has 3 heterocycles. The molecule has 0 spiro atoms. The zero-order valence-electron chi connectivity index (χ0n) is 19.7. The summed E-state index contributed by atoms with van der Waals surface area (Å²) in [5.41, 5.74) is -0.327. The fourth-order valence-electron chi connectivity index (χ4n) is 4.36. The minimum atomic E-state index is -0.958. The van der Waals surface area contributed by atoms with Crippen molar-refractivity contribution in [2.45, 2.75) is 70.1 Å². The first-order valence-corrected chi connectivity index (χ1v) is 11.0. The van der Waals surface area contributed by atoms with Crippen molar-refractivity contribution in [3.05, 3.63) is 23.8 Å². The van der Waals surface area contributed by atoms with Gasteiger partial charge in [0.1, 0.15) is 11.6 Å². The van der Waals surface area contributed by atoms with E-state index in [-0.39, 0.29) is 18.4 Å². The number of fused-ring (bicyclic) bond motifs is 1. The second kappa shape index (κ2) is 8.71. The Balaban J connectivity index is 1.70. The molecule has 0 radical (unpaired) electrons. The van der Waals surface area contributed by atoms with Crippen molar-refractivity contribution >= 4 is 28.6 Å². The first-order chi connectivity index (χ1) is 15.6. The van der Waals surface area contributed by atoms with Crippen molar-refractivity contribution in [3.8, 4) is 0 Å². The highest BCUT2D eigenvalue weighted by Gasteiger charge is 2.44. The number of methoxy groups -OCH3 is 2. The molecule has 11 nitrogen and oxygen atoms in total. The van der Waals surface area contributed by atoms with Gasteiger partial charge in [0.2, 0.25) is 0 Å². The Morgan fingerprint density at radius 2 is 2.06 bits per heavy atom. The number of nitrogens with zero attached hydrogens (tertiary/aromatic N) is 5. The lowest BCUT2D eigenvalue weighted by atomic mass is 9.78. The molecule has 0 saturated heterocycles. The van der Waals surface area contributed by atoms with E-state index in [0.29, 0.717) is 48.8 Å². The highest BCUT2D eigenvalue weighted by molar-refractivity contribution is 5.88. The van der Waals surface area contributed by atoms with Gasteiger partial charge in [-0.05, 0) is 46.5 Å². The molecule has 0 aromatic carbocycles. The van der Waals surface area contributed by atoms with Gasteiger partial charge < -0.3 is 19.9 Å². The summed E-state index contributed by atoms with van der Waals surface area (Å²) in [5.74, 6) is 1.58. The molecule has 0 aliphatic heterocycles. The predicted octanol–water partition coefficient (Wildman–Crippen LogP) is 2.59. The van der Waals surface area contributed by atoms with Crippen LogP contribution in [0.2, 0.25) is 0 Å². The Morgan fingerprint density at radius 1 is 1.33 bits per heavy atom. The van der Waals surface area contributed by atoms with Crippen LogP contribution in [0.3, 0.4) is 0 Å². The van der Waals surface area contributed by atoms with E-state index in [0.717, 1.165) is 11.1 Å². The normalized spacial score (nSPS) is 21.3. The second-order valence-electron chi connectivity index (χ2n) is 9.31. The first-order valence-electron chi connectivity index (χ1n) is 11.0. The molecule has 3 aromatic heterocycles. The quantitative estimate of drug-likeness (QED) is 0.457. The summed E-state index contributed by atoms with van der Waals surface area (Å²) in [5, 5.41) is 26.0. The number of aryl methyl sites for hydroxylation is 1. The maximum atomic E-state index is 12.3.